The van der Waals surface area contributed by atoms with Crippen molar-refractivity contribution < 1.29 is 10.2 Å². The van der Waals surface area contributed by atoms with Gasteiger partial charge in [0, 0.05) is 18.7 Å². The van der Waals surface area contributed by atoms with Crippen molar-refractivity contribution in [3.63, 3.8) is 0 Å². The zero-order chi connectivity index (χ0) is 22.3. The maximum Gasteiger partial charge on any atom is 0.250 e. The number of hydrogen-bond donors (Lipinski definition) is 2. The molecule has 9 heteroatoms. The minimum absolute atomic E-state index is 0.0357. The quantitative estimate of drug-likeness (QED) is 0.370. The van der Waals surface area contributed by atoms with Gasteiger partial charge >= 0.3 is 0 Å². The molecule has 0 saturated carbocycles. The second kappa shape index (κ2) is 10.9. The number of anilines is 1. The summed E-state index contributed by atoms with van der Waals surface area (Å²) in [4.78, 5) is 14.6. The number of nitrogens with zero attached hydrogens (tertiary/aromatic N) is 4. The van der Waals surface area contributed by atoms with Gasteiger partial charge in [-0.1, -0.05) is 102 Å². The van der Waals surface area contributed by atoms with Crippen LogP contribution in [-0.4, -0.2) is 51.5 Å². The number of benzene rings is 2. The summed E-state index contributed by atoms with van der Waals surface area (Å²) in [6.07, 6.45) is 4.04. The second-order valence-electron chi connectivity index (χ2n) is 6.58. The third-order valence-electron chi connectivity index (χ3n) is 4.34. The van der Waals surface area contributed by atoms with Crippen molar-refractivity contribution >= 4 is 52.9 Å². The van der Waals surface area contributed by atoms with Gasteiger partial charge in [0.15, 0.2) is 11.6 Å². The average Bonchev–Trinajstić information content (AvgIpc) is 2.78. The average molecular weight is 480 g/mol. The molecule has 0 aliphatic heterocycles. The highest BCUT2D eigenvalue weighted by atomic mass is 35.6. The Morgan fingerprint density at radius 3 is 1.90 bits per heavy atom. The molecule has 0 bridgehead atoms. The fourth-order valence-electron chi connectivity index (χ4n) is 2.82. The molecule has 0 amide bonds. The van der Waals surface area contributed by atoms with Gasteiger partial charge in [-0.3, -0.25) is 0 Å². The largest absolute Gasteiger partial charge is 0.395 e. The number of aliphatic hydroxyl groups is 2. The monoisotopic (exact) mass is 478 g/mol. The summed E-state index contributed by atoms with van der Waals surface area (Å²) < 4.78 is -1.85. The zero-order valence-electron chi connectivity index (χ0n) is 16.5. The van der Waals surface area contributed by atoms with Crippen LogP contribution in [0.2, 0.25) is 0 Å². The molecule has 2 aromatic carbocycles. The van der Waals surface area contributed by atoms with E-state index in [1.165, 1.54) is 0 Å². The molecule has 162 valence electrons. The number of alkyl halides is 3. The van der Waals surface area contributed by atoms with Crippen molar-refractivity contribution in [2.45, 2.75) is 3.79 Å². The van der Waals surface area contributed by atoms with Crippen molar-refractivity contribution in [1.29, 1.82) is 0 Å². The van der Waals surface area contributed by atoms with Crippen LogP contribution in [0, 0.1) is 0 Å². The fraction of sp³-hybridized carbons (Fsp3) is 0.227. The molecule has 0 atom stereocenters. The summed E-state index contributed by atoms with van der Waals surface area (Å²) in [5, 5.41) is 18.6. The molecule has 0 aliphatic rings. The molecule has 0 spiro atoms. The Labute approximate surface area is 195 Å². The van der Waals surface area contributed by atoms with E-state index in [-0.39, 0.29) is 38.1 Å². The maximum absolute atomic E-state index is 9.32. The minimum atomic E-state index is -1.85. The van der Waals surface area contributed by atoms with Gasteiger partial charge < -0.3 is 15.1 Å². The van der Waals surface area contributed by atoms with Gasteiger partial charge in [0.2, 0.25) is 9.74 Å². The van der Waals surface area contributed by atoms with Gasteiger partial charge in [0.05, 0.1) is 13.2 Å². The molecule has 31 heavy (non-hydrogen) atoms. The van der Waals surface area contributed by atoms with E-state index in [1.54, 1.807) is 4.90 Å². The second-order valence-corrected chi connectivity index (χ2v) is 8.86. The molecular weight excluding hydrogens is 459 g/mol. The van der Waals surface area contributed by atoms with Gasteiger partial charge in [-0.05, 0) is 11.1 Å². The molecule has 1 aromatic heterocycles. The van der Waals surface area contributed by atoms with Gasteiger partial charge in [-0.25, -0.2) is 4.98 Å². The van der Waals surface area contributed by atoms with E-state index in [2.05, 4.69) is 15.0 Å². The molecule has 0 saturated heterocycles. The summed E-state index contributed by atoms with van der Waals surface area (Å²) in [7, 11) is 0. The third kappa shape index (κ3) is 6.63. The van der Waals surface area contributed by atoms with Crippen LogP contribution in [0.15, 0.2) is 54.6 Å². The Kier molecular flexibility index (Phi) is 8.23. The number of halogens is 3. The van der Waals surface area contributed by atoms with Crippen LogP contribution >= 0.6 is 34.8 Å². The van der Waals surface area contributed by atoms with Crippen LogP contribution in [0.25, 0.3) is 23.5 Å². The van der Waals surface area contributed by atoms with Crippen LogP contribution in [-0.2, 0) is 3.79 Å². The first-order chi connectivity index (χ1) is 14.9. The summed E-state index contributed by atoms with van der Waals surface area (Å²) in [5.74, 6) is 0.500. The smallest absolute Gasteiger partial charge is 0.250 e. The predicted octanol–water partition coefficient (Wildman–Crippen LogP) is 4.33. The first-order valence-electron chi connectivity index (χ1n) is 9.54. The summed E-state index contributed by atoms with van der Waals surface area (Å²) in [6, 6.07) is 17.6. The highest BCUT2D eigenvalue weighted by molar-refractivity contribution is 6.66. The maximum atomic E-state index is 9.32. The lowest BCUT2D eigenvalue weighted by Gasteiger charge is -2.22. The van der Waals surface area contributed by atoms with Crippen molar-refractivity contribution in [3.05, 3.63) is 71.5 Å². The number of rotatable bonds is 8. The molecule has 0 unspecified atom stereocenters. The number of hydrogen-bond acceptors (Lipinski definition) is 6. The van der Waals surface area contributed by atoms with Gasteiger partial charge in [0.25, 0.3) is 0 Å². The van der Waals surface area contributed by atoms with Crippen LogP contribution in [0.3, 0.4) is 0 Å². The van der Waals surface area contributed by atoms with Crippen molar-refractivity contribution in [1.82, 2.24) is 15.0 Å². The standard InChI is InChI=1S/C22H21Cl3N4O2/c23-22(24,25)20-26-19(27-21(28-20)29(12-14-30)13-15-31)18-10-8-17(9-11-18)7-6-16-4-2-1-3-5-16/h1-11,30-31H,12-15H2. The van der Waals surface area contributed by atoms with Crippen LogP contribution in [0.5, 0.6) is 0 Å². The van der Waals surface area contributed by atoms with Gasteiger partial charge in [-0.15, -0.1) is 0 Å². The van der Waals surface area contributed by atoms with E-state index in [0.29, 0.717) is 11.4 Å². The van der Waals surface area contributed by atoms with Crippen LogP contribution in [0.1, 0.15) is 17.0 Å². The third-order valence-corrected chi connectivity index (χ3v) is 4.84. The molecule has 6 nitrogen and oxygen atoms in total. The molecule has 2 N–H and O–H groups in total. The summed E-state index contributed by atoms with van der Waals surface area (Å²) >= 11 is 18.1. The van der Waals surface area contributed by atoms with E-state index >= 15 is 0 Å². The summed E-state index contributed by atoms with van der Waals surface area (Å²) in [5.41, 5.74) is 2.82. The lowest BCUT2D eigenvalue weighted by atomic mass is 10.1. The van der Waals surface area contributed by atoms with Gasteiger partial charge in [-0.2, -0.15) is 9.97 Å². The summed E-state index contributed by atoms with van der Waals surface area (Å²) in [6.45, 7) is 0.137. The highest BCUT2D eigenvalue weighted by Gasteiger charge is 2.29. The molecule has 0 fully saturated rings. The first kappa shape index (κ1) is 23.4. The van der Waals surface area contributed by atoms with Crippen molar-refractivity contribution in [3.8, 4) is 11.4 Å². The molecule has 3 rings (SSSR count). The predicted molar refractivity (Wildman–Crippen MR) is 126 cm³/mol. The van der Waals surface area contributed by atoms with E-state index in [1.807, 2.05) is 66.7 Å². The van der Waals surface area contributed by atoms with Crippen molar-refractivity contribution in [2.75, 3.05) is 31.2 Å². The van der Waals surface area contributed by atoms with E-state index in [9.17, 15) is 10.2 Å². The Bertz CT molecular complexity index is 1000. The zero-order valence-corrected chi connectivity index (χ0v) is 18.8. The topological polar surface area (TPSA) is 82.4 Å². The lowest BCUT2D eigenvalue weighted by molar-refractivity contribution is 0.280. The molecule has 0 radical (unpaired) electrons. The molecular formula is C22H21Cl3N4O2. The van der Waals surface area contributed by atoms with Crippen LogP contribution in [0.4, 0.5) is 5.95 Å². The SMILES string of the molecule is OCCN(CCO)c1nc(-c2ccc(C=Cc3ccccc3)cc2)nc(C(Cl)(Cl)Cl)n1. The van der Waals surface area contributed by atoms with E-state index in [4.69, 9.17) is 34.8 Å². The fourth-order valence-corrected chi connectivity index (χ4v) is 3.07. The van der Waals surface area contributed by atoms with E-state index in [0.717, 1.165) is 11.1 Å². The number of aromatic nitrogens is 3. The molecule has 1 heterocycles. The first-order valence-corrected chi connectivity index (χ1v) is 10.7. The minimum Gasteiger partial charge on any atom is -0.395 e. The Morgan fingerprint density at radius 1 is 0.774 bits per heavy atom. The Morgan fingerprint density at radius 2 is 1.35 bits per heavy atom. The number of aliphatic hydroxyl groups excluding tert-OH is 2. The molecule has 0 aliphatic carbocycles. The highest BCUT2D eigenvalue weighted by Crippen LogP contribution is 2.37. The Balaban J connectivity index is 1.93. The van der Waals surface area contributed by atoms with Gasteiger partial charge in [0.1, 0.15) is 0 Å². The Hall–Kier alpha value is -2.22. The van der Waals surface area contributed by atoms with E-state index < -0.39 is 3.79 Å². The normalized spacial score (nSPS) is 11.8. The van der Waals surface area contributed by atoms with Crippen LogP contribution < -0.4 is 4.90 Å². The molecule has 3 aromatic rings. The lowest BCUT2D eigenvalue weighted by Crippen LogP contribution is -2.32. The van der Waals surface area contributed by atoms with Crippen molar-refractivity contribution in [2.24, 2.45) is 0 Å².